The molecule has 0 unspecified atom stereocenters. The highest BCUT2D eigenvalue weighted by Gasteiger charge is 1.93. The first-order valence-corrected chi connectivity index (χ1v) is 5.52. The SMILES string of the molecule is Nc1ccccc1C=Cc1cccc(CO)c1. The Morgan fingerprint density at radius 2 is 1.82 bits per heavy atom. The molecular formula is C15H15NO. The minimum Gasteiger partial charge on any atom is -0.398 e. The second-order valence-corrected chi connectivity index (χ2v) is 3.87. The molecule has 2 nitrogen and oxygen atoms in total. The van der Waals surface area contributed by atoms with E-state index in [0.29, 0.717) is 0 Å². The van der Waals surface area contributed by atoms with Crippen LogP contribution in [0.2, 0.25) is 0 Å². The van der Waals surface area contributed by atoms with E-state index in [-0.39, 0.29) is 6.61 Å². The summed E-state index contributed by atoms with van der Waals surface area (Å²) in [4.78, 5) is 0. The molecule has 0 spiro atoms. The molecule has 2 heteroatoms. The van der Waals surface area contributed by atoms with Crippen molar-refractivity contribution in [1.29, 1.82) is 0 Å². The van der Waals surface area contributed by atoms with Gasteiger partial charge in [-0.25, -0.2) is 0 Å². The van der Waals surface area contributed by atoms with Crippen LogP contribution >= 0.6 is 0 Å². The van der Waals surface area contributed by atoms with Crippen molar-refractivity contribution in [2.75, 3.05) is 5.73 Å². The average molecular weight is 225 g/mol. The highest BCUT2D eigenvalue weighted by atomic mass is 16.3. The number of benzene rings is 2. The quantitative estimate of drug-likeness (QED) is 0.623. The summed E-state index contributed by atoms with van der Waals surface area (Å²) < 4.78 is 0. The zero-order valence-electron chi connectivity index (χ0n) is 9.51. The molecule has 17 heavy (non-hydrogen) atoms. The predicted octanol–water partition coefficient (Wildman–Crippen LogP) is 2.93. The number of para-hydroxylation sites is 1. The lowest BCUT2D eigenvalue weighted by Gasteiger charge is -2.00. The Hall–Kier alpha value is -2.06. The van der Waals surface area contributed by atoms with Gasteiger partial charge in [0.25, 0.3) is 0 Å². The molecule has 0 atom stereocenters. The molecule has 0 saturated heterocycles. The summed E-state index contributed by atoms with van der Waals surface area (Å²) in [5, 5.41) is 9.05. The topological polar surface area (TPSA) is 46.2 Å². The number of hydrogen-bond donors (Lipinski definition) is 2. The Morgan fingerprint density at radius 1 is 1.00 bits per heavy atom. The van der Waals surface area contributed by atoms with Crippen LogP contribution in [0.15, 0.2) is 48.5 Å². The smallest absolute Gasteiger partial charge is 0.0682 e. The van der Waals surface area contributed by atoms with E-state index >= 15 is 0 Å². The molecule has 0 bridgehead atoms. The maximum absolute atomic E-state index is 9.05. The van der Waals surface area contributed by atoms with Crippen LogP contribution in [0, 0.1) is 0 Å². The van der Waals surface area contributed by atoms with Gasteiger partial charge in [0.05, 0.1) is 6.61 Å². The van der Waals surface area contributed by atoms with Crippen LogP contribution in [0.4, 0.5) is 5.69 Å². The third kappa shape index (κ3) is 2.95. The van der Waals surface area contributed by atoms with E-state index in [9.17, 15) is 0 Å². The molecule has 0 fully saturated rings. The minimum absolute atomic E-state index is 0.0646. The van der Waals surface area contributed by atoms with Gasteiger partial charge in [0.2, 0.25) is 0 Å². The molecule has 0 radical (unpaired) electrons. The summed E-state index contributed by atoms with van der Waals surface area (Å²) >= 11 is 0. The van der Waals surface area contributed by atoms with Gasteiger partial charge in [-0.2, -0.15) is 0 Å². The van der Waals surface area contributed by atoms with Crippen LogP contribution in [0.3, 0.4) is 0 Å². The normalized spacial score (nSPS) is 10.9. The first-order valence-electron chi connectivity index (χ1n) is 5.52. The van der Waals surface area contributed by atoms with Crippen molar-refractivity contribution >= 4 is 17.8 Å². The molecular weight excluding hydrogens is 210 g/mol. The zero-order valence-corrected chi connectivity index (χ0v) is 9.51. The van der Waals surface area contributed by atoms with E-state index < -0.39 is 0 Å². The molecule has 0 heterocycles. The number of anilines is 1. The number of aliphatic hydroxyl groups is 1. The molecule has 2 aromatic rings. The van der Waals surface area contributed by atoms with E-state index in [1.165, 1.54) is 0 Å². The highest BCUT2D eigenvalue weighted by Crippen LogP contribution is 2.15. The molecule has 0 saturated carbocycles. The van der Waals surface area contributed by atoms with Gasteiger partial charge < -0.3 is 10.8 Å². The maximum atomic E-state index is 9.05. The number of nitrogen functional groups attached to an aromatic ring is 1. The van der Waals surface area contributed by atoms with Gasteiger partial charge in [-0.15, -0.1) is 0 Å². The van der Waals surface area contributed by atoms with E-state index in [1.807, 2.05) is 60.7 Å². The van der Waals surface area contributed by atoms with E-state index in [0.717, 1.165) is 22.4 Å². The summed E-state index contributed by atoms with van der Waals surface area (Å²) in [6.45, 7) is 0.0646. The van der Waals surface area contributed by atoms with Crippen LogP contribution in [0.5, 0.6) is 0 Å². The Labute approximate surface area is 101 Å². The molecule has 86 valence electrons. The summed E-state index contributed by atoms with van der Waals surface area (Å²) in [6, 6.07) is 15.5. The number of aliphatic hydroxyl groups excluding tert-OH is 1. The Bertz CT molecular complexity index is 532. The highest BCUT2D eigenvalue weighted by molar-refractivity contribution is 5.75. The van der Waals surface area contributed by atoms with Crippen molar-refractivity contribution < 1.29 is 5.11 Å². The molecule has 0 aliphatic heterocycles. The number of rotatable bonds is 3. The molecule has 0 amide bonds. The van der Waals surface area contributed by atoms with Crippen LogP contribution in [-0.2, 0) is 6.61 Å². The van der Waals surface area contributed by atoms with Gasteiger partial charge in [0.1, 0.15) is 0 Å². The van der Waals surface area contributed by atoms with Crippen molar-refractivity contribution in [2.45, 2.75) is 6.61 Å². The molecule has 2 rings (SSSR count). The average Bonchev–Trinajstić information content (AvgIpc) is 2.38. The largest absolute Gasteiger partial charge is 0.398 e. The van der Waals surface area contributed by atoms with Crippen molar-refractivity contribution in [3.8, 4) is 0 Å². The van der Waals surface area contributed by atoms with Crippen LogP contribution in [0.25, 0.3) is 12.2 Å². The lowest BCUT2D eigenvalue weighted by atomic mass is 10.1. The third-order valence-corrected chi connectivity index (χ3v) is 2.58. The number of nitrogens with two attached hydrogens (primary N) is 1. The molecule has 3 N–H and O–H groups in total. The molecule has 0 aromatic heterocycles. The second kappa shape index (κ2) is 5.32. The first-order chi connectivity index (χ1) is 8.29. The first kappa shape index (κ1) is 11.4. The Morgan fingerprint density at radius 3 is 2.59 bits per heavy atom. The third-order valence-electron chi connectivity index (χ3n) is 2.58. The lowest BCUT2D eigenvalue weighted by molar-refractivity contribution is 0.282. The van der Waals surface area contributed by atoms with Crippen molar-refractivity contribution in [2.24, 2.45) is 0 Å². The van der Waals surface area contributed by atoms with Gasteiger partial charge >= 0.3 is 0 Å². The fourth-order valence-corrected chi connectivity index (χ4v) is 1.64. The fraction of sp³-hybridized carbons (Fsp3) is 0.0667. The van der Waals surface area contributed by atoms with Gasteiger partial charge in [-0.05, 0) is 28.8 Å². The van der Waals surface area contributed by atoms with Crippen LogP contribution in [-0.4, -0.2) is 5.11 Å². The fourth-order valence-electron chi connectivity index (χ4n) is 1.64. The zero-order chi connectivity index (χ0) is 12.1. The van der Waals surface area contributed by atoms with Crippen molar-refractivity contribution in [3.63, 3.8) is 0 Å². The van der Waals surface area contributed by atoms with Gasteiger partial charge in [-0.3, -0.25) is 0 Å². The predicted molar refractivity (Wildman–Crippen MR) is 72.1 cm³/mol. The van der Waals surface area contributed by atoms with Gasteiger partial charge in [0.15, 0.2) is 0 Å². The van der Waals surface area contributed by atoms with Crippen molar-refractivity contribution in [3.05, 3.63) is 65.2 Å². The Balaban J connectivity index is 2.23. The van der Waals surface area contributed by atoms with Crippen LogP contribution < -0.4 is 5.73 Å². The van der Waals surface area contributed by atoms with Gasteiger partial charge in [0, 0.05) is 5.69 Å². The minimum atomic E-state index is 0.0646. The monoisotopic (exact) mass is 225 g/mol. The maximum Gasteiger partial charge on any atom is 0.0682 e. The molecule has 0 aliphatic rings. The summed E-state index contributed by atoms with van der Waals surface area (Å²) in [7, 11) is 0. The molecule has 0 aliphatic carbocycles. The lowest BCUT2D eigenvalue weighted by Crippen LogP contribution is -1.87. The van der Waals surface area contributed by atoms with Crippen LogP contribution in [0.1, 0.15) is 16.7 Å². The summed E-state index contributed by atoms with van der Waals surface area (Å²) in [5.74, 6) is 0. The molecule has 2 aromatic carbocycles. The standard InChI is InChI=1S/C15H15NO/c16-15-7-2-1-6-14(15)9-8-12-4-3-5-13(10-12)11-17/h1-10,17H,11,16H2. The van der Waals surface area contributed by atoms with Crippen molar-refractivity contribution in [1.82, 2.24) is 0 Å². The van der Waals surface area contributed by atoms with E-state index in [2.05, 4.69) is 0 Å². The summed E-state index contributed by atoms with van der Waals surface area (Å²) in [6.07, 6.45) is 3.97. The summed E-state index contributed by atoms with van der Waals surface area (Å²) in [5.41, 5.74) is 9.58. The van der Waals surface area contributed by atoms with Gasteiger partial charge in [-0.1, -0.05) is 48.6 Å². The number of hydrogen-bond acceptors (Lipinski definition) is 2. The van der Waals surface area contributed by atoms with E-state index in [1.54, 1.807) is 0 Å². The second-order valence-electron chi connectivity index (χ2n) is 3.87. The Kier molecular flexibility index (Phi) is 3.58. The van der Waals surface area contributed by atoms with E-state index in [4.69, 9.17) is 10.8 Å².